The van der Waals surface area contributed by atoms with E-state index in [0.717, 1.165) is 64.2 Å². The Morgan fingerprint density at radius 3 is 1.41 bits per heavy atom. The summed E-state index contributed by atoms with van der Waals surface area (Å²) in [6.07, 6.45) is 48.0. The van der Waals surface area contributed by atoms with Crippen LogP contribution in [0.4, 0.5) is 0 Å². The van der Waals surface area contributed by atoms with Gasteiger partial charge in [-0.1, -0.05) is 158 Å². The Hall–Kier alpha value is -2.36. The Labute approximate surface area is 272 Å². The van der Waals surface area contributed by atoms with Crippen molar-refractivity contribution in [2.75, 3.05) is 0 Å². The number of unbranched alkanes of at least 4 members (excludes halogenated alkanes) is 14. The van der Waals surface area contributed by atoms with Crippen LogP contribution in [0.1, 0.15) is 174 Å². The van der Waals surface area contributed by atoms with Crippen molar-refractivity contribution in [3.8, 4) is 0 Å². The molecular weight excluding hydrogens is 544 g/mol. The van der Waals surface area contributed by atoms with Crippen LogP contribution in [0.3, 0.4) is 0 Å². The molecule has 0 aliphatic carbocycles. The van der Waals surface area contributed by atoms with Gasteiger partial charge in [-0.2, -0.15) is 0 Å². The van der Waals surface area contributed by atoms with Gasteiger partial charge in [-0.25, -0.2) is 0 Å². The predicted octanol–water partition coefficient (Wildman–Crippen LogP) is 12.6. The van der Waals surface area contributed by atoms with Crippen LogP contribution in [0.5, 0.6) is 0 Å². The van der Waals surface area contributed by atoms with Gasteiger partial charge in [0.15, 0.2) is 0 Å². The highest BCUT2D eigenvalue weighted by molar-refractivity contribution is 5.70. The number of carbonyl (C=O) groups is 2. The van der Waals surface area contributed by atoms with E-state index in [0.29, 0.717) is 12.8 Å². The van der Waals surface area contributed by atoms with Crippen LogP contribution >= 0.6 is 0 Å². The molecule has 252 valence electrons. The van der Waals surface area contributed by atoms with E-state index in [-0.39, 0.29) is 18.5 Å². The lowest BCUT2D eigenvalue weighted by Crippen LogP contribution is -2.19. The highest BCUT2D eigenvalue weighted by Crippen LogP contribution is 2.17. The number of aliphatic carboxylic acids is 1. The van der Waals surface area contributed by atoms with E-state index in [1.54, 1.807) is 0 Å². The first-order valence-electron chi connectivity index (χ1n) is 18.3. The number of esters is 1. The van der Waals surface area contributed by atoms with Crippen molar-refractivity contribution in [2.45, 2.75) is 180 Å². The molecule has 4 heteroatoms. The Morgan fingerprint density at radius 2 is 0.955 bits per heavy atom. The maximum Gasteiger partial charge on any atom is 0.306 e. The first kappa shape index (κ1) is 41.6. The van der Waals surface area contributed by atoms with E-state index >= 15 is 0 Å². The second-order valence-corrected chi connectivity index (χ2v) is 12.0. The Morgan fingerprint density at radius 1 is 0.523 bits per heavy atom. The van der Waals surface area contributed by atoms with Crippen LogP contribution in [0, 0.1) is 0 Å². The van der Waals surface area contributed by atoms with Gasteiger partial charge in [0.25, 0.3) is 0 Å². The molecule has 0 fully saturated rings. The molecule has 0 spiro atoms. The normalized spacial score (nSPS) is 13.0. The van der Waals surface area contributed by atoms with Crippen molar-refractivity contribution < 1.29 is 19.4 Å². The summed E-state index contributed by atoms with van der Waals surface area (Å²) in [5, 5.41) is 9.10. The summed E-state index contributed by atoms with van der Waals surface area (Å²) in [6, 6.07) is 0. The van der Waals surface area contributed by atoms with Crippen molar-refractivity contribution in [3.05, 3.63) is 60.8 Å². The second kappa shape index (κ2) is 35.1. The molecule has 1 unspecified atom stereocenters. The van der Waals surface area contributed by atoms with Crippen LogP contribution < -0.4 is 0 Å². The fourth-order valence-corrected chi connectivity index (χ4v) is 5.09. The summed E-state index contributed by atoms with van der Waals surface area (Å²) in [7, 11) is 0. The van der Waals surface area contributed by atoms with Crippen molar-refractivity contribution in [2.24, 2.45) is 0 Å². The Balaban J connectivity index is 3.90. The minimum absolute atomic E-state index is 0.0522. The maximum atomic E-state index is 12.4. The minimum atomic E-state index is -0.828. The Kier molecular flexibility index (Phi) is 33.2. The molecule has 0 bridgehead atoms. The third kappa shape index (κ3) is 34.1. The van der Waals surface area contributed by atoms with E-state index in [1.807, 2.05) is 0 Å². The van der Waals surface area contributed by atoms with Crippen molar-refractivity contribution >= 4 is 11.9 Å². The lowest BCUT2D eigenvalue weighted by Gasteiger charge is -2.17. The molecular formula is C40H68O4. The lowest BCUT2D eigenvalue weighted by atomic mass is 10.0. The summed E-state index contributed by atoms with van der Waals surface area (Å²) in [5.41, 5.74) is 0. The summed E-state index contributed by atoms with van der Waals surface area (Å²) < 4.78 is 5.69. The third-order valence-corrected chi connectivity index (χ3v) is 7.77. The summed E-state index contributed by atoms with van der Waals surface area (Å²) in [4.78, 5) is 23.5. The maximum absolute atomic E-state index is 12.4. The van der Waals surface area contributed by atoms with Gasteiger partial charge >= 0.3 is 11.9 Å². The SMILES string of the molecule is CC/C=C\C/C=C\C/C=C\C/C=C\C/C=C\CCCC(=O)OC(CCCCCCCCCCCCCCCC)CCC(=O)O. The quantitative estimate of drug-likeness (QED) is 0.0466. The van der Waals surface area contributed by atoms with Gasteiger partial charge in [-0.15, -0.1) is 0 Å². The lowest BCUT2D eigenvalue weighted by molar-refractivity contribution is -0.151. The minimum Gasteiger partial charge on any atom is -0.481 e. The van der Waals surface area contributed by atoms with Crippen LogP contribution in [0.15, 0.2) is 60.8 Å². The predicted molar refractivity (Wildman–Crippen MR) is 190 cm³/mol. The molecule has 0 aliphatic heterocycles. The molecule has 1 N–H and O–H groups in total. The molecule has 44 heavy (non-hydrogen) atoms. The largest absolute Gasteiger partial charge is 0.481 e. The first-order valence-corrected chi connectivity index (χ1v) is 18.3. The fraction of sp³-hybridized carbons (Fsp3) is 0.700. The average molecular weight is 613 g/mol. The smallest absolute Gasteiger partial charge is 0.306 e. The monoisotopic (exact) mass is 613 g/mol. The first-order chi connectivity index (χ1) is 21.6. The number of carboxylic acids is 1. The zero-order chi connectivity index (χ0) is 32.2. The van der Waals surface area contributed by atoms with E-state index in [4.69, 9.17) is 9.84 Å². The fourth-order valence-electron chi connectivity index (χ4n) is 5.09. The molecule has 0 saturated heterocycles. The second-order valence-electron chi connectivity index (χ2n) is 12.0. The third-order valence-electron chi connectivity index (χ3n) is 7.77. The molecule has 0 saturated carbocycles. The number of allylic oxidation sites excluding steroid dienone is 10. The molecule has 0 aliphatic rings. The summed E-state index contributed by atoms with van der Waals surface area (Å²) in [5.74, 6) is -1.02. The number of rotatable bonds is 32. The van der Waals surface area contributed by atoms with Crippen molar-refractivity contribution in [3.63, 3.8) is 0 Å². The average Bonchev–Trinajstić information content (AvgIpc) is 3.01. The zero-order valence-electron chi connectivity index (χ0n) is 28.7. The van der Waals surface area contributed by atoms with Gasteiger partial charge in [0.2, 0.25) is 0 Å². The van der Waals surface area contributed by atoms with Gasteiger partial charge in [0.05, 0.1) is 0 Å². The zero-order valence-corrected chi connectivity index (χ0v) is 28.7. The van der Waals surface area contributed by atoms with Crippen LogP contribution in [0.25, 0.3) is 0 Å². The van der Waals surface area contributed by atoms with Crippen LogP contribution in [0.2, 0.25) is 0 Å². The molecule has 0 rings (SSSR count). The van der Waals surface area contributed by atoms with Crippen LogP contribution in [-0.2, 0) is 14.3 Å². The van der Waals surface area contributed by atoms with Gasteiger partial charge in [0, 0.05) is 12.8 Å². The molecule has 0 radical (unpaired) electrons. The topological polar surface area (TPSA) is 63.6 Å². The molecule has 1 atom stereocenters. The van der Waals surface area contributed by atoms with Crippen molar-refractivity contribution in [1.29, 1.82) is 0 Å². The van der Waals surface area contributed by atoms with Gasteiger partial charge in [0.1, 0.15) is 6.10 Å². The number of hydrogen-bond donors (Lipinski definition) is 1. The van der Waals surface area contributed by atoms with Gasteiger partial charge < -0.3 is 9.84 Å². The van der Waals surface area contributed by atoms with Gasteiger partial charge in [-0.05, 0) is 64.2 Å². The molecule has 0 heterocycles. The number of carboxylic acid groups (broad SMARTS) is 1. The van der Waals surface area contributed by atoms with Gasteiger partial charge in [-0.3, -0.25) is 9.59 Å². The number of ether oxygens (including phenoxy) is 1. The van der Waals surface area contributed by atoms with E-state index in [9.17, 15) is 9.59 Å². The van der Waals surface area contributed by atoms with E-state index < -0.39 is 5.97 Å². The Bertz CT molecular complexity index is 789. The molecule has 0 amide bonds. The highest BCUT2D eigenvalue weighted by atomic mass is 16.5. The molecule has 0 aromatic rings. The van der Waals surface area contributed by atoms with Crippen molar-refractivity contribution in [1.82, 2.24) is 0 Å². The summed E-state index contributed by atoms with van der Waals surface area (Å²) >= 11 is 0. The number of carbonyl (C=O) groups excluding carboxylic acids is 1. The number of hydrogen-bond acceptors (Lipinski definition) is 3. The molecule has 4 nitrogen and oxygen atoms in total. The van der Waals surface area contributed by atoms with Crippen LogP contribution in [-0.4, -0.2) is 23.1 Å². The molecule has 0 aromatic heterocycles. The van der Waals surface area contributed by atoms with E-state index in [2.05, 4.69) is 74.6 Å². The van der Waals surface area contributed by atoms with E-state index in [1.165, 1.54) is 77.0 Å². The standard InChI is InChI=1S/C40H68O4/c1-3-5-7-9-11-13-15-17-19-20-21-23-25-27-29-31-33-35-40(43)44-38(36-37-39(41)42)34-32-30-28-26-24-22-18-16-14-12-10-8-6-4-2/h5,7,11,13,17,19,21,23,27,29,38H,3-4,6,8-10,12,14-16,18,20,22,24-26,28,30-37H2,1-2H3,(H,41,42)/b7-5-,13-11-,19-17-,23-21-,29-27-. The summed E-state index contributed by atoms with van der Waals surface area (Å²) in [6.45, 7) is 4.42. The highest BCUT2D eigenvalue weighted by Gasteiger charge is 2.15. The molecule has 0 aromatic carbocycles.